The van der Waals surface area contributed by atoms with Crippen LogP contribution in [0.1, 0.15) is 0 Å². The second kappa shape index (κ2) is 23.6. The third-order valence-electron chi connectivity index (χ3n) is 18.6. The molecule has 18 aromatic rings. The van der Waals surface area contributed by atoms with Gasteiger partial charge in [0.05, 0.1) is 38.8 Å². The van der Waals surface area contributed by atoms with Crippen LogP contribution in [0.3, 0.4) is 0 Å². The molecule has 18 rings (SSSR count). The van der Waals surface area contributed by atoms with Crippen LogP contribution in [0.5, 0.6) is 0 Å². The van der Waals surface area contributed by atoms with Crippen molar-refractivity contribution < 1.29 is 0 Å². The maximum absolute atomic E-state index is 5.80. The smallest absolute Gasteiger partial charge is 0.237 e. The maximum atomic E-state index is 5.80. The van der Waals surface area contributed by atoms with E-state index in [1.54, 1.807) is 0 Å². The second-order valence-electron chi connectivity index (χ2n) is 24.2. The summed E-state index contributed by atoms with van der Waals surface area (Å²) in [6.07, 6.45) is 0. The highest BCUT2D eigenvalue weighted by molar-refractivity contribution is 6.13. The SMILES string of the molecule is c1ccc(N(c2cccc(-c3cccc(-c4cc(N(c5ccccc5)c5ccc6c(c5)c5ccccc5n6-c5ccccc5)nc(N(c5ccccc5)c5ccc6c(c5)c5ccccc5n6-c5ccccc5)n4)c3)c2)c2ccc3c(c2)c2ccccc2n3-c2ccccc2)cc1. The van der Waals surface area contributed by atoms with Crippen molar-refractivity contribution in [3.8, 4) is 39.4 Å². The zero-order chi connectivity index (χ0) is 63.5. The molecule has 96 heavy (non-hydrogen) atoms. The molecule has 0 bridgehead atoms. The molecule has 0 fully saturated rings. The molecule has 0 aliphatic carbocycles. The van der Waals surface area contributed by atoms with E-state index in [2.05, 4.69) is 392 Å². The average Bonchev–Trinajstić information content (AvgIpc) is 1.58. The highest BCUT2D eigenvalue weighted by Gasteiger charge is 2.26. The van der Waals surface area contributed by atoms with Crippen molar-refractivity contribution in [3.05, 3.63) is 364 Å². The predicted octanol–water partition coefficient (Wildman–Crippen LogP) is 23.5. The highest BCUT2D eigenvalue weighted by Crippen LogP contribution is 2.46. The van der Waals surface area contributed by atoms with E-state index >= 15 is 0 Å². The summed E-state index contributed by atoms with van der Waals surface area (Å²) in [6.45, 7) is 0. The molecule has 4 heterocycles. The molecule has 452 valence electrons. The number of para-hydroxylation sites is 9. The van der Waals surface area contributed by atoms with Crippen molar-refractivity contribution >= 4 is 117 Å². The van der Waals surface area contributed by atoms with Crippen LogP contribution in [0.15, 0.2) is 364 Å². The predicted molar refractivity (Wildman–Crippen MR) is 400 cm³/mol. The van der Waals surface area contributed by atoms with Crippen molar-refractivity contribution in [1.29, 1.82) is 0 Å². The van der Waals surface area contributed by atoms with Gasteiger partial charge in [0.15, 0.2) is 0 Å². The van der Waals surface area contributed by atoms with Gasteiger partial charge in [0, 0.05) is 101 Å². The molecule has 14 aromatic carbocycles. The summed E-state index contributed by atoms with van der Waals surface area (Å²) >= 11 is 0. The molecular weight excluding hydrogens is 1170 g/mol. The summed E-state index contributed by atoms with van der Waals surface area (Å²) in [5, 5.41) is 6.96. The molecule has 0 aliphatic heterocycles. The lowest BCUT2D eigenvalue weighted by Gasteiger charge is -2.28. The summed E-state index contributed by atoms with van der Waals surface area (Å²) in [6, 6.07) is 130. The summed E-state index contributed by atoms with van der Waals surface area (Å²) < 4.78 is 7.09. The monoisotopic (exact) mass is 1230 g/mol. The van der Waals surface area contributed by atoms with Crippen LogP contribution < -0.4 is 14.7 Å². The van der Waals surface area contributed by atoms with Gasteiger partial charge < -0.3 is 18.6 Å². The average molecular weight is 1230 g/mol. The lowest BCUT2D eigenvalue weighted by molar-refractivity contribution is 1.06. The standard InChI is InChI=1S/C88H60N8/c1-7-30-64(31-8-1)91(71-49-52-84-77(57-71)74-43-19-22-46-81(74)94(84)67-36-13-4-14-37-67)70-42-26-28-62(56-70)61-27-25-29-63(55-61)80-60-87(92(65-32-9-2-10-33-65)72-50-53-85-78(58-72)75-44-20-23-47-82(75)95(85)68-38-15-5-16-39-68)90-88(89-80)93(66-34-11-3-12-35-66)73-51-54-86-79(59-73)76-45-21-24-48-83(76)96(86)69-40-17-6-18-41-69/h1-60H. The first-order chi connectivity index (χ1) is 47.6. The number of rotatable bonds is 14. The molecule has 0 saturated carbocycles. The number of hydrogen-bond donors (Lipinski definition) is 0. The lowest BCUT2D eigenvalue weighted by Crippen LogP contribution is -2.17. The Bertz CT molecular complexity index is 5690. The van der Waals surface area contributed by atoms with Gasteiger partial charge in [0.1, 0.15) is 5.82 Å². The van der Waals surface area contributed by atoms with Crippen molar-refractivity contribution in [2.24, 2.45) is 0 Å². The molecule has 0 spiro atoms. The Labute approximate surface area is 555 Å². The van der Waals surface area contributed by atoms with Crippen molar-refractivity contribution in [2.75, 3.05) is 14.7 Å². The van der Waals surface area contributed by atoms with Crippen molar-refractivity contribution in [3.63, 3.8) is 0 Å². The minimum atomic E-state index is 0.511. The largest absolute Gasteiger partial charge is 0.310 e. The van der Waals surface area contributed by atoms with Crippen LogP contribution in [0, 0.1) is 0 Å². The van der Waals surface area contributed by atoms with Gasteiger partial charge in [0.2, 0.25) is 5.95 Å². The van der Waals surface area contributed by atoms with Crippen molar-refractivity contribution in [1.82, 2.24) is 23.7 Å². The number of aromatic nitrogens is 5. The highest BCUT2D eigenvalue weighted by atomic mass is 15.3. The van der Waals surface area contributed by atoms with Crippen LogP contribution in [0.4, 0.5) is 51.6 Å². The Morgan fingerprint density at radius 2 is 0.521 bits per heavy atom. The van der Waals surface area contributed by atoms with Crippen LogP contribution in [-0.2, 0) is 0 Å². The van der Waals surface area contributed by atoms with E-state index in [1.807, 2.05) is 0 Å². The van der Waals surface area contributed by atoms with Crippen LogP contribution >= 0.6 is 0 Å². The number of benzene rings is 14. The zero-order valence-electron chi connectivity index (χ0n) is 52.2. The van der Waals surface area contributed by atoms with Crippen molar-refractivity contribution in [2.45, 2.75) is 0 Å². The fourth-order valence-electron chi connectivity index (χ4n) is 14.3. The Hall–Kier alpha value is -13.0. The minimum Gasteiger partial charge on any atom is -0.310 e. The summed E-state index contributed by atoms with van der Waals surface area (Å²) in [5.74, 6) is 1.21. The maximum Gasteiger partial charge on any atom is 0.237 e. The number of fused-ring (bicyclic) bond motifs is 9. The Kier molecular flexibility index (Phi) is 13.7. The van der Waals surface area contributed by atoms with E-state index in [9.17, 15) is 0 Å². The topological polar surface area (TPSA) is 50.3 Å². The summed E-state index contributed by atoms with van der Waals surface area (Å²) in [7, 11) is 0. The van der Waals surface area contributed by atoms with E-state index in [1.165, 1.54) is 16.3 Å². The van der Waals surface area contributed by atoms with Crippen LogP contribution in [-0.4, -0.2) is 23.7 Å². The third kappa shape index (κ3) is 9.70. The molecule has 4 aromatic heterocycles. The third-order valence-corrected chi connectivity index (χ3v) is 18.6. The van der Waals surface area contributed by atoms with Gasteiger partial charge in [-0.1, -0.05) is 194 Å². The first kappa shape index (κ1) is 55.8. The summed E-state index contributed by atoms with van der Waals surface area (Å²) in [4.78, 5) is 18.4. The molecule has 0 radical (unpaired) electrons. The van der Waals surface area contributed by atoms with E-state index in [0.717, 1.165) is 128 Å². The molecule has 0 aliphatic rings. The minimum absolute atomic E-state index is 0.511. The molecule has 8 heteroatoms. The molecular formula is C88H60N8. The lowest BCUT2D eigenvalue weighted by atomic mass is 10.0. The van der Waals surface area contributed by atoms with Crippen LogP contribution in [0.2, 0.25) is 0 Å². The van der Waals surface area contributed by atoms with Gasteiger partial charge in [-0.2, -0.15) is 4.98 Å². The quantitative estimate of drug-likeness (QED) is 0.109. The summed E-state index contributed by atoms with van der Waals surface area (Å²) in [5.41, 5.74) is 20.9. The first-order valence-corrected chi connectivity index (χ1v) is 32.5. The molecule has 0 saturated heterocycles. The Balaban J connectivity index is 0.821. The fourth-order valence-corrected chi connectivity index (χ4v) is 14.3. The first-order valence-electron chi connectivity index (χ1n) is 32.5. The normalized spacial score (nSPS) is 11.5. The molecule has 0 N–H and O–H groups in total. The van der Waals surface area contributed by atoms with Gasteiger partial charge in [0.25, 0.3) is 0 Å². The fraction of sp³-hybridized carbons (Fsp3) is 0. The Morgan fingerprint density at radius 3 is 0.979 bits per heavy atom. The van der Waals surface area contributed by atoms with Gasteiger partial charge in [-0.15, -0.1) is 0 Å². The molecule has 8 nitrogen and oxygen atoms in total. The number of anilines is 9. The van der Waals surface area contributed by atoms with Gasteiger partial charge in [-0.25, -0.2) is 4.98 Å². The van der Waals surface area contributed by atoms with Crippen LogP contribution in [0.25, 0.3) is 105 Å². The van der Waals surface area contributed by atoms with E-state index in [-0.39, 0.29) is 0 Å². The second-order valence-corrected chi connectivity index (χ2v) is 24.2. The molecule has 0 unspecified atom stereocenters. The van der Waals surface area contributed by atoms with E-state index in [4.69, 9.17) is 9.97 Å². The van der Waals surface area contributed by atoms with Gasteiger partial charge in [-0.3, -0.25) is 9.80 Å². The van der Waals surface area contributed by atoms with Gasteiger partial charge >= 0.3 is 0 Å². The Morgan fingerprint density at radius 1 is 0.198 bits per heavy atom. The zero-order valence-corrected chi connectivity index (χ0v) is 52.2. The van der Waals surface area contributed by atoms with Gasteiger partial charge in [-0.05, 0) is 175 Å². The molecule has 0 amide bonds. The van der Waals surface area contributed by atoms with E-state index in [0.29, 0.717) is 11.8 Å². The van der Waals surface area contributed by atoms with E-state index < -0.39 is 0 Å². The number of nitrogens with zero attached hydrogens (tertiary/aromatic N) is 8. The molecule has 0 atom stereocenters. The number of hydrogen-bond acceptors (Lipinski definition) is 5.